The predicted molar refractivity (Wildman–Crippen MR) is 93.7 cm³/mol. The number of pyridine rings is 1. The van der Waals surface area contributed by atoms with Gasteiger partial charge in [-0.3, -0.25) is 14.6 Å². The van der Waals surface area contributed by atoms with E-state index in [1.165, 1.54) is 0 Å². The molecular weight excluding hydrogens is 318 g/mol. The highest BCUT2D eigenvalue weighted by Gasteiger charge is 2.24. The van der Waals surface area contributed by atoms with Crippen molar-refractivity contribution in [1.82, 2.24) is 14.8 Å². The Morgan fingerprint density at radius 1 is 0.960 bits per heavy atom. The van der Waals surface area contributed by atoms with Gasteiger partial charge in [0.05, 0.1) is 7.11 Å². The molecule has 25 heavy (non-hydrogen) atoms. The molecule has 1 saturated heterocycles. The molecule has 0 aliphatic carbocycles. The molecular formula is C19H21N3O3. The molecule has 0 spiro atoms. The van der Waals surface area contributed by atoms with E-state index in [-0.39, 0.29) is 11.8 Å². The Labute approximate surface area is 147 Å². The van der Waals surface area contributed by atoms with E-state index in [2.05, 4.69) is 4.98 Å². The maximum atomic E-state index is 12.7. The van der Waals surface area contributed by atoms with Crippen molar-refractivity contribution >= 4 is 11.8 Å². The Morgan fingerprint density at radius 3 is 2.40 bits per heavy atom. The third kappa shape index (κ3) is 3.96. The molecule has 0 unspecified atom stereocenters. The van der Waals surface area contributed by atoms with Crippen molar-refractivity contribution in [2.24, 2.45) is 0 Å². The first-order chi connectivity index (χ1) is 12.2. The number of amides is 2. The predicted octanol–water partition coefficient (Wildman–Crippen LogP) is 2.08. The number of carbonyl (C=O) groups is 2. The van der Waals surface area contributed by atoms with Crippen LogP contribution in [0, 0.1) is 0 Å². The van der Waals surface area contributed by atoms with Crippen LogP contribution in [0.3, 0.4) is 0 Å². The Kier molecular flexibility index (Phi) is 5.28. The van der Waals surface area contributed by atoms with E-state index in [9.17, 15) is 9.59 Å². The Balaban J connectivity index is 1.67. The third-order valence-electron chi connectivity index (χ3n) is 4.27. The summed E-state index contributed by atoms with van der Waals surface area (Å²) in [5.74, 6) is 0.537. The molecule has 1 aromatic heterocycles. The summed E-state index contributed by atoms with van der Waals surface area (Å²) in [4.78, 5) is 32.9. The van der Waals surface area contributed by atoms with Gasteiger partial charge in [-0.25, -0.2) is 0 Å². The number of ether oxygens (including phenoxy) is 1. The smallest absolute Gasteiger partial charge is 0.272 e. The van der Waals surface area contributed by atoms with Gasteiger partial charge >= 0.3 is 0 Å². The summed E-state index contributed by atoms with van der Waals surface area (Å²) in [5.41, 5.74) is 1.04. The van der Waals surface area contributed by atoms with E-state index in [1.807, 2.05) is 6.07 Å². The van der Waals surface area contributed by atoms with E-state index in [0.29, 0.717) is 43.2 Å². The number of aromatic nitrogens is 1. The van der Waals surface area contributed by atoms with Gasteiger partial charge in [0, 0.05) is 37.9 Å². The second kappa shape index (κ2) is 7.79. The molecule has 3 rings (SSSR count). The van der Waals surface area contributed by atoms with Gasteiger partial charge in [-0.05, 0) is 36.8 Å². The van der Waals surface area contributed by atoms with Crippen molar-refractivity contribution < 1.29 is 14.3 Å². The van der Waals surface area contributed by atoms with E-state index in [0.717, 1.165) is 6.42 Å². The van der Waals surface area contributed by atoms with Gasteiger partial charge in [0.25, 0.3) is 11.8 Å². The van der Waals surface area contributed by atoms with E-state index < -0.39 is 0 Å². The average molecular weight is 339 g/mol. The minimum absolute atomic E-state index is 0.0361. The lowest BCUT2D eigenvalue weighted by Gasteiger charge is -2.22. The summed E-state index contributed by atoms with van der Waals surface area (Å²) in [6.07, 6.45) is 2.36. The van der Waals surface area contributed by atoms with Gasteiger partial charge in [0.2, 0.25) is 0 Å². The lowest BCUT2D eigenvalue weighted by molar-refractivity contribution is 0.0715. The van der Waals surface area contributed by atoms with Crippen LogP contribution in [0.5, 0.6) is 5.75 Å². The van der Waals surface area contributed by atoms with Gasteiger partial charge in [0.1, 0.15) is 11.4 Å². The van der Waals surface area contributed by atoms with Crippen LogP contribution >= 0.6 is 0 Å². The van der Waals surface area contributed by atoms with Crippen molar-refractivity contribution in [2.75, 3.05) is 33.3 Å². The van der Waals surface area contributed by atoms with Gasteiger partial charge < -0.3 is 14.5 Å². The van der Waals surface area contributed by atoms with Gasteiger partial charge in [-0.1, -0.05) is 12.1 Å². The number of nitrogens with zero attached hydrogens (tertiary/aromatic N) is 3. The summed E-state index contributed by atoms with van der Waals surface area (Å²) < 4.78 is 5.18. The molecule has 6 nitrogen and oxygen atoms in total. The molecule has 1 aliphatic rings. The number of hydrogen-bond donors (Lipinski definition) is 0. The fraction of sp³-hybridized carbons (Fsp3) is 0.316. The molecule has 6 heteroatoms. The zero-order valence-electron chi connectivity index (χ0n) is 14.2. The van der Waals surface area contributed by atoms with Crippen LogP contribution in [-0.4, -0.2) is 59.9 Å². The molecule has 2 aromatic rings. The molecule has 0 radical (unpaired) electrons. The molecule has 1 aliphatic heterocycles. The number of hydrogen-bond acceptors (Lipinski definition) is 4. The highest BCUT2D eigenvalue weighted by atomic mass is 16.5. The van der Waals surface area contributed by atoms with E-state index in [4.69, 9.17) is 4.74 Å². The van der Waals surface area contributed by atoms with Crippen molar-refractivity contribution in [3.05, 3.63) is 59.9 Å². The zero-order valence-corrected chi connectivity index (χ0v) is 14.2. The zero-order chi connectivity index (χ0) is 17.6. The highest BCUT2D eigenvalue weighted by molar-refractivity contribution is 5.95. The standard InChI is InChI=1S/C19H21N3O3/c1-25-16-7-4-6-15(14-16)18(23)21-10-5-11-22(13-12-21)19(24)17-8-2-3-9-20-17/h2-4,6-9,14H,5,10-13H2,1H3. The van der Waals surface area contributed by atoms with E-state index in [1.54, 1.807) is 59.5 Å². The van der Waals surface area contributed by atoms with Crippen LogP contribution in [-0.2, 0) is 0 Å². The molecule has 2 heterocycles. The minimum atomic E-state index is -0.0868. The average Bonchev–Trinajstić information content (AvgIpc) is 2.94. The lowest BCUT2D eigenvalue weighted by Crippen LogP contribution is -2.37. The fourth-order valence-electron chi connectivity index (χ4n) is 2.91. The topological polar surface area (TPSA) is 62.7 Å². The van der Waals surface area contributed by atoms with Crippen LogP contribution in [0.4, 0.5) is 0 Å². The minimum Gasteiger partial charge on any atom is -0.497 e. The summed E-state index contributed by atoms with van der Waals surface area (Å²) >= 11 is 0. The Hall–Kier alpha value is -2.89. The maximum absolute atomic E-state index is 12.7. The first-order valence-corrected chi connectivity index (χ1v) is 8.32. The highest BCUT2D eigenvalue weighted by Crippen LogP contribution is 2.16. The van der Waals surface area contributed by atoms with Crippen molar-refractivity contribution in [3.63, 3.8) is 0 Å². The second-order valence-electron chi connectivity index (χ2n) is 5.88. The maximum Gasteiger partial charge on any atom is 0.272 e. The van der Waals surface area contributed by atoms with Crippen LogP contribution in [0.2, 0.25) is 0 Å². The van der Waals surface area contributed by atoms with Crippen LogP contribution < -0.4 is 4.74 Å². The van der Waals surface area contributed by atoms with Crippen molar-refractivity contribution in [1.29, 1.82) is 0 Å². The van der Waals surface area contributed by atoms with Crippen LogP contribution in [0.15, 0.2) is 48.7 Å². The quantitative estimate of drug-likeness (QED) is 0.859. The summed E-state index contributed by atoms with van der Waals surface area (Å²) in [6.45, 7) is 2.26. The molecule has 0 bridgehead atoms. The van der Waals surface area contributed by atoms with Crippen molar-refractivity contribution in [3.8, 4) is 5.75 Å². The molecule has 1 fully saturated rings. The van der Waals surface area contributed by atoms with Crippen LogP contribution in [0.1, 0.15) is 27.3 Å². The lowest BCUT2D eigenvalue weighted by atomic mass is 10.2. The molecule has 0 N–H and O–H groups in total. The SMILES string of the molecule is COc1cccc(C(=O)N2CCCN(C(=O)c3ccccn3)CC2)c1. The van der Waals surface area contributed by atoms with Gasteiger partial charge in [-0.2, -0.15) is 0 Å². The third-order valence-corrected chi connectivity index (χ3v) is 4.27. The largest absolute Gasteiger partial charge is 0.497 e. The summed E-state index contributed by atoms with van der Waals surface area (Å²) in [7, 11) is 1.58. The number of rotatable bonds is 3. The first-order valence-electron chi connectivity index (χ1n) is 8.32. The molecule has 0 atom stereocenters. The van der Waals surface area contributed by atoms with Gasteiger partial charge in [-0.15, -0.1) is 0 Å². The summed E-state index contributed by atoms with van der Waals surface area (Å²) in [6, 6.07) is 12.4. The monoisotopic (exact) mass is 339 g/mol. The van der Waals surface area contributed by atoms with E-state index >= 15 is 0 Å². The van der Waals surface area contributed by atoms with Crippen molar-refractivity contribution in [2.45, 2.75) is 6.42 Å². The normalized spacial score (nSPS) is 14.8. The van der Waals surface area contributed by atoms with Crippen LogP contribution in [0.25, 0.3) is 0 Å². The number of carbonyl (C=O) groups excluding carboxylic acids is 2. The fourth-order valence-corrected chi connectivity index (χ4v) is 2.91. The Morgan fingerprint density at radius 2 is 1.72 bits per heavy atom. The molecule has 2 amide bonds. The summed E-state index contributed by atoms with van der Waals surface area (Å²) in [5, 5.41) is 0. The van der Waals surface area contributed by atoms with Gasteiger partial charge in [0.15, 0.2) is 0 Å². The first kappa shape index (κ1) is 17.0. The second-order valence-corrected chi connectivity index (χ2v) is 5.88. The Bertz CT molecular complexity index is 749. The molecule has 0 saturated carbocycles. The number of benzene rings is 1. The number of methoxy groups -OCH3 is 1. The molecule has 130 valence electrons. The molecule has 1 aromatic carbocycles.